The van der Waals surface area contributed by atoms with Crippen LogP contribution in [0.5, 0.6) is 0 Å². The largest absolute Gasteiger partial charge is 0.341 e. The molecule has 2 heterocycles. The number of nitrogens with one attached hydrogen (secondary N) is 3. The maximum absolute atomic E-state index is 12.2. The summed E-state index contributed by atoms with van der Waals surface area (Å²) in [6.45, 7) is 11.2. The minimum atomic E-state index is -0.105. The van der Waals surface area contributed by atoms with E-state index in [9.17, 15) is 4.79 Å². The molecule has 0 saturated carbocycles. The molecule has 0 spiro atoms. The first kappa shape index (κ1) is 26.3. The summed E-state index contributed by atoms with van der Waals surface area (Å²) in [7, 11) is 3.75. The summed E-state index contributed by atoms with van der Waals surface area (Å²) >= 11 is 0. The minimum Gasteiger partial charge on any atom is -0.341 e. The Morgan fingerprint density at radius 2 is 1.61 bits per heavy atom. The van der Waals surface area contributed by atoms with Crippen molar-refractivity contribution < 1.29 is 4.79 Å². The lowest BCUT2D eigenvalue weighted by molar-refractivity contribution is 0.102. The molecule has 4 rings (SSSR count). The number of carbonyl (C=O) groups excluding carboxylic acids is 1. The summed E-state index contributed by atoms with van der Waals surface area (Å²) in [5, 5.41) is 5.69. The highest BCUT2D eigenvalue weighted by molar-refractivity contribution is 6.04. The fraction of sp³-hybridized carbons (Fsp3) is 0.440. The number of rotatable bonds is 4. The summed E-state index contributed by atoms with van der Waals surface area (Å²) in [6.07, 6.45) is 2.55. The average molecular weight is 426 g/mol. The number of likely N-dealkylation sites (tertiary alicyclic amines) is 1. The highest BCUT2D eigenvalue weighted by atomic mass is 16.1. The first-order valence-electron chi connectivity index (χ1n) is 11.4. The number of nitrogens with zero attached hydrogens (tertiary/aromatic N) is 2. The number of H-pyrrole nitrogens is 1. The van der Waals surface area contributed by atoms with Crippen molar-refractivity contribution in [2.75, 3.05) is 32.5 Å². The summed E-state index contributed by atoms with van der Waals surface area (Å²) < 4.78 is 0. The van der Waals surface area contributed by atoms with E-state index >= 15 is 0 Å². The topological polar surface area (TPSA) is 73.1 Å². The normalized spacial score (nSPS) is 12.6. The van der Waals surface area contributed by atoms with Gasteiger partial charge < -0.3 is 15.6 Å². The van der Waals surface area contributed by atoms with Crippen LogP contribution in [-0.4, -0.2) is 48.0 Å². The van der Waals surface area contributed by atoms with Gasteiger partial charge in [-0.25, -0.2) is 4.98 Å². The number of aromatic nitrogens is 2. The van der Waals surface area contributed by atoms with Crippen LogP contribution in [0.2, 0.25) is 0 Å². The third kappa shape index (κ3) is 8.52. The van der Waals surface area contributed by atoms with Crippen LogP contribution in [-0.2, 0) is 6.54 Å². The van der Waals surface area contributed by atoms with Gasteiger partial charge in [-0.05, 0) is 70.4 Å². The average Bonchev–Trinajstić information content (AvgIpc) is 3.47. The zero-order valence-electron chi connectivity index (χ0n) is 20.0. The number of carbonyl (C=O) groups is 1. The highest BCUT2D eigenvalue weighted by Gasteiger charge is 2.14. The number of amides is 1. The van der Waals surface area contributed by atoms with Crippen LogP contribution in [0.25, 0.3) is 11.0 Å². The van der Waals surface area contributed by atoms with Crippen LogP contribution in [0.3, 0.4) is 0 Å². The van der Waals surface area contributed by atoms with Crippen molar-refractivity contribution in [2.24, 2.45) is 0 Å². The van der Waals surface area contributed by atoms with Crippen LogP contribution >= 0.6 is 0 Å². The van der Waals surface area contributed by atoms with Crippen molar-refractivity contribution in [3.05, 3.63) is 59.9 Å². The molecule has 0 atom stereocenters. The van der Waals surface area contributed by atoms with Gasteiger partial charge in [0.15, 0.2) is 0 Å². The first-order chi connectivity index (χ1) is 15.2. The smallest absolute Gasteiger partial charge is 0.255 e. The number of imidazole rings is 1. The van der Waals surface area contributed by atoms with Gasteiger partial charge in [-0.2, -0.15) is 0 Å². The van der Waals surface area contributed by atoms with Gasteiger partial charge in [-0.1, -0.05) is 45.9 Å². The van der Waals surface area contributed by atoms with Gasteiger partial charge in [0.1, 0.15) is 5.82 Å². The Hall–Kier alpha value is -2.70. The van der Waals surface area contributed by atoms with E-state index in [0.29, 0.717) is 5.56 Å². The van der Waals surface area contributed by atoms with Crippen molar-refractivity contribution >= 4 is 22.6 Å². The van der Waals surface area contributed by atoms with Gasteiger partial charge in [0, 0.05) is 11.3 Å². The van der Waals surface area contributed by atoms with Crippen LogP contribution in [0.15, 0.2) is 48.5 Å². The molecule has 3 aromatic rings. The third-order valence-electron chi connectivity index (χ3n) is 4.40. The minimum absolute atomic E-state index is 0.105. The van der Waals surface area contributed by atoms with E-state index in [-0.39, 0.29) is 5.91 Å². The fourth-order valence-corrected chi connectivity index (χ4v) is 3.16. The van der Waals surface area contributed by atoms with Gasteiger partial charge in [0.25, 0.3) is 5.91 Å². The lowest BCUT2D eigenvalue weighted by atomic mass is 10.2. The van der Waals surface area contributed by atoms with Crippen molar-refractivity contribution in [3.63, 3.8) is 0 Å². The number of anilines is 1. The van der Waals surface area contributed by atoms with E-state index in [1.807, 2.05) is 78.2 Å². The van der Waals surface area contributed by atoms with E-state index in [0.717, 1.165) is 42.2 Å². The summed E-state index contributed by atoms with van der Waals surface area (Å²) in [5.74, 6) is 0.880. The number of hydrogen-bond donors (Lipinski definition) is 3. The molecule has 0 bridgehead atoms. The molecule has 3 N–H and O–H groups in total. The lowest BCUT2D eigenvalue weighted by Gasteiger charge is -2.11. The van der Waals surface area contributed by atoms with Gasteiger partial charge in [0.05, 0.1) is 17.6 Å². The van der Waals surface area contributed by atoms with Gasteiger partial charge in [-0.15, -0.1) is 0 Å². The molecule has 31 heavy (non-hydrogen) atoms. The Bertz CT molecular complexity index is 870. The molecule has 0 unspecified atom stereocenters. The van der Waals surface area contributed by atoms with Crippen molar-refractivity contribution in [2.45, 2.75) is 47.1 Å². The molecule has 0 radical (unpaired) electrons. The van der Waals surface area contributed by atoms with Crippen molar-refractivity contribution in [1.82, 2.24) is 20.2 Å². The summed E-state index contributed by atoms with van der Waals surface area (Å²) in [4.78, 5) is 22.7. The first-order valence-corrected chi connectivity index (χ1v) is 11.4. The molecule has 1 amide bonds. The van der Waals surface area contributed by atoms with Crippen molar-refractivity contribution in [3.8, 4) is 0 Å². The Morgan fingerprint density at radius 1 is 1.00 bits per heavy atom. The molecule has 1 fully saturated rings. The molecule has 1 aliphatic heterocycles. The van der Waals surface area contributed by atoms with E-state index in [4.69, 9.17) is 0 Å². The molecule has 6 nitrogen and oxygen atoms in total. The number of hydrogen-bond acceptors (Lipinski definition) is 4. The van der Waals surface area contributed by atoms with Crippen LogP contribution in [0.1, 0.15) is 56.7 Å². The number of fused-ring (bicyclic) bond motifs is 1. The number of aromatic amines is 1. The Kier molecular flexibility index (Phi) is 12.9. The van der Waals surface area contributed by atoms with E-state index in [2.05, 4.69) is 25.5 Å². The maximum Gasteiger partial charge on any atom is 0.255 e. The molecule has 2 aromatic carbocycles. The predicted molar refractivity (Wildman–Crippen MR) is 133 cm³/mol. The fourth-order valence-electron chi connectivity index (χ4n) is 3.16. The van der Waals surface area contributed by atoms with Gasteiger partial charge >= 0.3 is 0 Å². The van der Waals surface area contributed by atoms with Crippen molar-refractivity contribution in [1.29, 1.82) is 0 Å². The van der Waals surface area contributed by atoms with E-state index in [1.54, 1.807) is 12.1 Å². The van der Waals surface area contributed by atoms with Gasteiger partial charge in [0.2, 0.25) is 0 Å². The molecule has 0 aliphatic carbocycles. The lowest BCUT2D eigenvalue weighted by Crippen LogP contribution is -2.19. The van der Waals surface area contributed by atoms with Crippen LogP contribution in [0, 0.1) is 0 Å². The molecule has 1 aromatic heterocycles. The Labute approximate surface area is 187 Å². The van der Waals surface area contributed by atoms with E-state index in [1.165, 1.54) is 12.8 Å². The monoisotopic (exact) mass is 425 g/mol. The second-order valence-electron chi connectivity index (χ2n) is 6.72. The summed E-state index contributed by atoms with van der Waals surface area (Å²) in [6, 6.07) is 15.0. The number of benzene rings is 2. The molecular weight excluding hydrogens is 386 g/mol. The standard InChI is InChI=1S/C19H20N4O.C2H7N.2C2H6/c24-19(14-6-2-1-3-7-14)20-15-8-9-16-17(12-15)22-18(21-16)13-23-10-4-5-11-23;1-3-2;2*1-2/h1-3,6-9,12H,4-5,10-11,13H2,(H,20,24)(H,21,22);3H,1-2H3;2*1-2H3. The Morgan fingerprint density at radius 3 is 2.23 bits per heavy atom. The van der Waals surface area contributed by atoms with Gasteiger partial charge in [-0.3, -0.25) is 9.69 Å². The molecule has 170 valence electrons. The van der Waals surface area contributed by atoms with E-state index < -0.39 is 0 Å². The summed E-state index contributed by atoms with van der Waals surface area (Å²) in [5.41, 5.74) is 3.31. The highest BCUT2D eigenvalue weighted by Crippen LogP contribution is 2.19. The maximum atomic E-state index is 12.2. The molecule has 1 saturated heterocycles. The second kappa shape index (κ2) is 15.2. The molecule has 6 heteroatoms. The zero-order valence-corrected chi connectivity index (χ0v) is 20.0. The SMILES string of the molecule is CC.CC.CNC.O=C(Nc1ccc2nc(CN3CCCC3)[nH]c2c1)c1ccccc1. The predicted octanol–water partition coefficient (Wildman–Crippen LogP) is 5.30. The third-order valence-corrected chi connectivity index (χ3v) is 4.40. The zero-order chi connectivity index (χ0) is 23.1. The molecular formula is C25H39N5O. The van der Waals surface area contributed by atoms with Crippen LogP contribution < -0.4 is 10.6 Å². The second-order valence-corrected chi connectivity index (χ2v) is 6.72. The quantitative estimate of drug-likeness (QED) is 0.530. The molecule has 1 aliphatic rings. The Balaban J connectivity index is 0.000000620. The van der Waals surface area contributed by atoms with Crippen LogP contribution in [0.4, 0.5) is 5.69 Å².